The number of aliphatic hydroxyl groups excluding tert-OH is 1. The molecular formula is C13H18N2O4S. The first-order valence-electron chi connectivity index (χ1n) is 6.51. The normalized spacial score (nSPS) is 22.0. The average Bonchev–Trinajstić information content (AvgIpc) is 3.04. The first-order valence-corrected chi connectivity index (χ1v) is 7.39. The number of aliphatic hydroxyl groups is 1. The lowest BCUT2D eigenvalue weighted by molar-refractivity contribution is -0.141. The number of likely N-dealkylation sites (tertiary alicyclic amines) is 1. The summed E-state index contributed by atoms with van der Waals surface area (Å²) in [5.74, 6) is -1.07. The summed E-state index contributed by atoms with van der Waals surface area (Å²) >= 11 is 1.56. The topological polar surface area (TPSA) is 81.1 Å². The molecule has 0 unspecified atom stereocenters. The van der Waals surface area contributed by atoms with E-state index in [0.717, 1.165) is 4.88 Å². The van der Waals surface area contributed by atoms with Crippen LogP contribution in [0, 0.1) is 0 Å². The van der Waals surface area contributed by atoms with Crippen LogP contribution < -0.4 is 0 Å². The van der Waals surface area contributed by atoms with Crippen LogP contribution >= 0.6 is 11.3 Å². The van der Waals surface area contributed by atoms with Crippen LogP contribution in [0.4, 0.5) is 4.79 Å². The van der Waals surface area contributed by atoms with Crippen LogP contribution in [0.25, 0.3) is 0 Å². The lowest BCUT2D eigenvalue weighted by Crippen LogP contribution is -2.47. The Morgan fingerprint density at radius 2 is 2.30 bits per heavy atom. The molecule has 1 aliphatic rings. The Labute approximate surface area is 121 Å². The molecule has 0 aromatic carbocycles. The summed E-state index contributed by atoms with van der Waals surface area (Å²) < 4.78 is 0. The van der Waals surface area contributed by atoms with Crippen molar-refractivity contribution in [1.29, 1.82) is 0 Å². The highest BCUT2D eigenvalue weighted by atomic mass is 32.1. The van der Waals surface area contributed by atoms with Gasteiger partial charge in [-0.1, -0.05) is 6.07 Å². The second-order valence-electron chi connectivity index (χ2n) is 4.77. The number of urea groups is 1. The molecular weight excluding hydrogens is 280 g/mol. The SMILES string of the molecule is CCN(Cc1cccs1)C(=O)N1C[C@@H](O)C[C@H]1C(=O)O. The van der Waals surface area contributed by atoms with E-state index < -0.39 is 18.1 Å². The highest BCUT2D eigenvalue weighted by Gasteiger charge is 2.40. The minimum Gasteiger partial charge on any atom is -0.480 e. The van der Waals surface area contributed by atoms with Crippen molar-refractivity contribution in [3.05, 3.63) is 22.4 Å². The first kappa shape index (κ1) is 14.8. The number of β-amino-alcohol motifs (C(OH)–C–C–N with tert-alkyl or cyclic N) is 1. The zero-order valence-corrected chi connectivity index (χ0v) is 12.0. The van der Waals surface area contributed by atoms with Gasteiger partial charge in [-0.25, -0.2) is 9.59 Å². The lowest BCUT2D eigenvalue weighted by atomic mass is 10.2. The predicted molar refractivity (Wildman–Crippen MR) is 74.6 cm³/mol. The van der Waals surface area contributed by atoms with E-state index in [1.807, 2.05) is 24.4 Å². The zero-order valence-electron chi connectivity index (χ0n) is 11.2. The van der Waals surface area contributed by atoms with Crippen LogP contribution in [0.15, 0.2) is 17.5 Å². The summed E-state index contributed by atoms with van der Waals surface area (Å²) in [5.41, 5.74) is 0. The largest absolute Gasteiger partial charge is 0.480 e. The molecule has 110 valence electrons. The van der Waals surface area contributed by atoms with E-state index in [2.05, 4.69) is 0 Å². The molecule has 0 radical (unpaired) electrons. The van der Waals surface area contributed by atoms with E-state index in [-0.39, 0.29) is 19.0 Å². The monoisotopic (exact) mass is 298 g/mol. The van der Waals surface area contributed by atoms with Crippen LogP contribution in [0.5, 0.6) is 0 Å². The fourth-order valence-electron chi connectivity index (χ4n) is 2.35. The van der Waals surface area contributed by atoms with E-state index in [1.54, 1.807) is 16.2 Å². The quantitative estimate of drug-likeness (QED) is 0.875. The molecule has 1 aromatic heterocycles. The maximum atomic E-state index is 12.4. The third kappa shape index (κ3) is 3.10. The fourth-order valence-corrected chi connectivity index (χ4v) is 3.07. The summed E-state index contributed by atoms with van der Waals surface area (Å²) in [6.07, 6.45) is -0.669. The molecule has 0 bridgehead atoms. The van der Waals surface area contributed by atoms with E-state index >= 15 is 0 Å². The van der Waals surface area contributed by atoms with Crippen LogP contribution in [0.3, 0.4) is 0 Å². The van der Waals surface area contributed by atoms with Gasteiger partial charge in [-0.15, -0.1) is 11.3 Å². The van der Waals surface area contributed by atoms with Crippen molar-refractivity contribution in [3.8, 4) is 0 Å². The highest BCUT2D eigenvalue weighted by Crippen LogP contribution is 2.21. The van der Waals surface area contributed by atoms with Crippen LogP contribution in [0.1, 0.15) is 18.2 Å². The van der Waals surface area contributed by atoms with Crippen LogP contribution in [0.2, 0.25) is 0 Å². The Hall–Kier alpha value is -1.60. The van der Waals surface area contributed by atoms with Gasteiger partial charge in [-0.3, -0.25) is 0 Å². The molecule has 0 spiro atoms. The number of hydrogen-bond donors (Lipinski definition) is 2. The number of carboxylic acids is 1. The van der Waals surface area contributed by atoms with E-state index in [0.29, 0.717) is 13.1 Å². The summed E-state index contributed by atoms with van der Waals surface area (Å²) in [6, 6.07) is 2.59. The molecule has 0 saturated carbocycles. The summed E-state index contributed by atoms with van der Waals surface area (Å²) in [4.78, 5) is 27.5. The van der Waals surface area contributed by atoms with Gasteiger partial charge in [0.1, 0.15) is 6.04 Å². The minimum absolute atomic E-state index is 0.0801. The predicted octanol–water partition coefficient (Wildman–Crippen LogP) is 1.21. The van der Waals surface area contributed by atoms with Crippen LogP contribution in [-0.2, 0) is 11.3 Å². The number of amides is 2. The second-order valence-corrected chi connectivity index (χ2v) is 5.80. The van der Waals surface area contributed by atoms with E-state index in [9.17, 15) is 14.7 Å². The Balaban J connectivity index is 2.09. The van der Waals surface area contributed by atoms with Crippen molar-refractivity contribution >= 4 is 23.3 Å². The Morgan fingerprint density at radius 1 is 1.55 bits per heavy atom. The third-order valence-electron chi connectivity index (χ3n) is 3.39. The molecule has 2 atom stereocenters. The van der Waals surface area contributed by atoms with Crippen molar-refractivity contribution in [3.63, 3.8) is 0 Å². The molecule has 2 rings (SSSR count). The maximum Gasteiger partial charge on any atom is 0.326 e. The molecule has 2 amide bonds. The zero-order chi connectivity index (χ0) is 14.7. The molecule has 1 aromatic rings. The van der Waals surface area contributed by atoms with Crippen molar-refractivity contribution < 1.29 is 19.8 Å². The van der Waals surface area contributed by atoms with Crippen molar-refractivity contribution in [2.75, 3.05) is 13.1 Å². The summed E-state index contributed by atoms with van der Waals surface area (Å²) in [6.45, 7) is 2.89. The molecule has 1 fully saturated rings. The second kappa shape index (κ2) is 6.23. The maximum absolute atomic E-state index is 12.4. The minimum atomic E-state index is -1.07. The number of carboxylic acid groups (broad SMARTS) is 1. The molecule has 2 N–H and O–H groups in total. The Bertz CT molecular complexity index is 477. The molecule has 0 aliphatic carbocycles. The fraction of sp³-hybridized carbons (Fsp3) is 0.538. The number of rotatable bonds is 4. The van der Waals surface area contributed by atoms with Crippen molar-refractivity contribution in [2.24, 2.45) is 0 Å². The number of carbonyl (C=O) groups is 2. The van der Waals surface area contributed by atoms with Gasteiger partial charge in [0, 0.05) is 24.4 Å². The first-order chi connectivity index (χ1) is 9.52. The van der Waals surface area contributed by atoms with Gasteiger partial charge < -0.3 is 20.0 Å². The Morgan fingerprint density at radius 3 is 2.85 bits per heavy atom. The number of aliphatic carboxylic acids is 1. The molecule has 7 heteroatoms. The third-order valence-corrected chi connectivity index (χ3v) is 4.25. The van der Waals surface area contributed by atoms with Gasteiger partial charge >= 0.3 is 12.0 Å². The van der Waals surface area contributed by atoms with Gasteiger partial charge in [0.25, 0.3) is 0 Å². The highest BCUT2D eigenvalue weighted by molar-refractivity contribution is 7.09. The summed E-state index contributed by atoms with van der Waals surface area (Å²) in [7, 11) is 0. The average molecular weight is 298 g/mol. The Kier molecular flexibility index (Phi) is 4.61. The van der Waals surface area contributed by atoms with Gasteiger partial charge in [-0.05, 0) is 18.4 Å². The smallest absolute Gasteiger partial charge is 0.326 e. The number of thiophene rings is 1. The molecule has 1 aliphatic heterocycles. The van der Waals surface area contributed by atoms with E-state index in [1.165, 1.54) is 4.90 Å². The van der Waals surface area contributed by atoms with Gasteiger partial charge in [0.2, 0.25) is 0 Å². The van der Waals surface area contributed by atoms with Crippen molar-refractivity contribution in [2.45, 2.75) is 32.0 Å². The van der Waals surface area contributed by atoms with Gasteiger partial charge in [0.05, 0.1) is 12.6 Å². The lowest BCUT2D eigenvalue weighted by Gasteiger charge is -2.29. The number of nitrogens with zero attached hydrogens (tertiary/aromatic N) is 2. The number of carbonyl (C=O) groups excluding carboxylic acids is 1. The van der Waals surface area contributed by atoms with Crippen molar-refractivity contribution in [1.82, 2.24) is 9.80 Å². The number of hydrogen-bond acceptors (Lipinski definition) is 4. The van der Waals surface area contributed by atoms with E-state index in [4.69, 9.17) is 5.11 Å². The molecule has 1 saturated heterocycles. The van der Waals surface area contributed by atoms with Crippen LogP contribution in [-0.4, -0.2) is 57.2 Å². The molecule has 6 nitrogen and oxygen atoms in total. The molecule has 2 heterocycles. The summed E-state index contributed by atoms with van der Waals surface area (Å²) in [5, 5.41) is 20.7. The van der Waals surface area contributed by atoms with Gasteiger partial charge in [-0.2, -0.15) is 0 Å². The molecule has 20 heavy (non-hydrogen) atoms. The van der Waals surface area contributed by atoms with Gasteiger partial charge in [0.15, 0.2) is 0 Å². The standard InChI is InChI=1S/C13H18N2O4S/c1-2-14(8-10-4-3-5-20-10)13(19)15-7-9(16)6-11(15)12(17)18/h3-5,9,11,16H,2,6-8H2,1H3,(H,17,18)/t9-,11-/m0/s1.